The van der Waals surface area contributed by atoms with Crippen LogP contribution in [0.15, 0.2) is 36.5 Å². The smallest absolute Gasteiger partial charge is 0.227 e. The van der Waals surface area contributed by atoms with Gasteiger partial charge in [0.05, 0.1) is 18.3 Å². The number of likely N-dealkylation sites (N-methyl/N-ethyl adjacent to an activating group) is 1. The number of carbonyl (C=O) groups excluding carboxylic acids is 1. The van der Waals surface area contributed by atoms with Gasteiger partial charge in [0.25, 0.3) is 0 Å². The van der Waals surface area contributed by atoms with E-state index in [1.165, 1.54) is 5.56 Å². The second kappa shape index (κ2) is 10.6. The Morgan fingerprint density at radius 3 is 2.63 bits per heavy atom. The lowest BCUT2D eigenvalue weighted by atomic mass is 9.79. The number of nitrogens with zero attached hydrogens (tertiary/aromatic N) is 4. The summed E-state index contributed by atoms with van der Waals surface area (Å²) >= 11 is 0. The van der Waals surface area contributed by atoms with Crippen molar-refractivity contribution in [1.82, 2.24) is 19.8 Å². The standard InChI is InChI=1S/C28H39N5O2/c1-19-15-21-16-29-28(30-22-9-11-23(35-3)12-10-22)31-26(21)18-33(19)27(34)24-13-14-32(2)17-25(24)20-7-5-4-6-8-20/h4-8,16,19,22-25H,9-15,17-18H2,1-3H3,(H,29,30,31)/t19-,22?,23?,24+,25-/m1/s1. The lowest BCUT2D eigenvalue weighted by molar-refractivity contribution is -0.141. The molecule has 3 aliphatic rings. The Morgan fingerprint density at radius 1 is 1.11 bits per heavy atom. The minimum atomic E-state index is 0.00741. The maximum Gasteiger partial charge on any atom is 0.227 e. The molecule has 0 radical (unpaired) electrons. The second-order valence-electron chi connectivity index (χ2n) is 10.7. The summed E-state index contributed by atoms with van der Waals surface area (Å²) < 4.78 is 5.50. The number of anilines is 1. The monoisotopic (exact) mass is 477 g/mol. The first-order valence-corrected chi connectivity index (χ1v) is 13.2. The zero-order valence-electron chi connectivity index (χ0n) is 21.3. The summed E-state index contributed by atoms with van der Waals surface area (Å²) in [7, 11) is 3.95. The lowest BCUT2D eigenvalue weighted by Gasteiger charge is -2.42. The molecule has 2 aromatic rings. The quantitative estimate of drug-likeness (QED) is 0.705. The summed E-state index contributed by atoms with van der Waals surface area (Å²) in [6.07, 6.45) is 8.31. The summed E-state index contributed by atoms with van der Waals surface area (Å²) in [5, 5.41) is 3.54. The van der Waals surface area contributed by atoms with Crippen LogP contribution in [0.25, 0.3) is 0 Å². The Bertz CT molecular complexity index is 1010. The molecule has 7 heteroatoms. The van der Waals surface area contributed by atoms with E-state index in [1.807, 2.05) is 12.3 Å². The number of amides is 1. The molecule has 1 N–H and O–H groups in total. The van der Waals surface area contributed by atoms with Crippen LogP contribution >= 0.6 is 0 Å². The van der Waals surface area contributed by atoms with E-state index in [1.54, 1.807) is 7.11 Å². The number of methoxy groups -OCH3 is 1. The fourth-order valence-corrected chi connectivity index (χ4v) is 6.15. The second-order valence-corrected chi connectivity index (χ2v) is 10.7. The van der Waals surface area contributed by atoms with Crippen LogP contribution in [-0.4, -0.2) is 71.1 Å². The summed E-state index contributed by atoms with van der Waals surface area (Å²) in [6.45, 7) is 4.60. The molecular formula is C28H39N5O2. The van der Waals surface area contributed by atoms with Gasteiger partial charge in [-0.3, -0.25) is 4.79 Å². The number of aromatic nitrogens is 2. The van der Waals surface area contributed by atoms with Crippen molar-refractivity contribution in [3.8, 4) is 0 Å². The maximum absolute atomic E-state index is 14.0. The highest BCUT2D eigenvalue weighted by Gasteiger charge is 2.39. The highest BCUT2D eigenvalue weighted by Crippen LogP contribution is 2.35. The molecule has 3 heterocycles. The average Bonchev–Trinajstić information content (AvgIpc) is 2.89. The lowest BCUT2D eigenvalue weighted by Crippen LogP contribution is -2.50. The summed E-state index contributed by atoms with van der Waals surface area (Å²) in [5.41, 5.74) is 3.42. The number of carbonyl (C=O) groups is 1. The number of ether oxygens (including phenoxy) is 1. The molecule has 3 atom stereocenters. The van der Waals surface area contributed by atoms with Gasteiger partial charge in [0.2, 0.25) is 11.9 Å². The van der Waals surface area contributed by atoms with Crippen LogP contribution in [0.4, 0.5) is 5.95 Å². The predicted molar refractivity (Wildman–Crippen MR) is 137 cm³/mol. The predicted octanol–water partition coefficient (Wildman–Crippen LogP) is 3.85. The normalized spacial score (nSPS) is 29.5. The molecule has 2 fully saturated rings. The molecule has 188 valence electrons. The summed E-state index contributed by atoms with van der Waals surface area (Å²) in [6, 6.07) is 11.1. The van der Waals surface area contributed by atoms with Crippen molar-refractivity contribution < 1.29 is 9.53 Å². The van der Waals surface area contributed by atoms with Gasteiger partial charge in [-0.05, 0) is 70.2 Å². The molecule has 5 rings (SSSR count). The Balaban J connectivity index is 1.30. The van der Waals surface area contributed by atoms with Crippen LogP contribution in [0.2, 0.25) is 0 Å². The Kier molecular flexibility index (Phi) is 7.35. The van der Waals surface area contributed by atoms with E-state index in [-0.39, 0.29) is 23.8 Å². The maximum atomic E-state index is 14.0. The fourth-order valence-electron chi connectivity index (χ4n) is 6.15. The Morgan fingerprint density at radius 2 is 1.89 bits per heavy atom. The molecule has 1 saturated carbocycles. The van der Waals surface area contributed by atoms with Crippen molar-refractivity contribution >= 4 is 11.9 Å². The van der Waals surface area contributed by atoms with Crippen LogP contribution in [0, 0.1) is 5.92 Å². The van der Waals surface area contributed by atoms with E-state index >= 15 is 0 Å². The molecule has 2 aliphatic heterocycles. The van der Waals surface area contributed by atoms with Crippen LogP contribution in [-0.2, 0) is 22.5 Å². The number of hydrogen-bond acceptors (Lipinski definition) is 6. The van der Waals surface area contributed by atoms with Crippen molar-refractivity contribution in [2.24, 2.45) is 5.92 Å². The van der Waals surface area contributed by atoms with Crippen LogP contribution < -0.4 is 5.32 Å². The summed E-state index contributed by atoms with van der Waals surface area (Å²) in [5.74, 6) is 1.19. The van der Waals surface area contributed by atoms with Gasteiger partial charge in [0.1, 0.15) is 0 Å². The number of benzene rings is 1. The number of piperidine rings is 1. The van der Waals surface area contributed by atoms with Gasteiger partial charge >= 0.3 is 0 Å². The van der Waals surface area contributed by atoms with Gasteiger partial charge in [-0.2, -0.15) is 0 Å². The zero-order chi connectivity index (χ0) is 24.4. The minimum Gasteiger partial charge on any atom is -0.381 e. The molecule has 7 nitrogen and oxygen atoms in total. The molecule has 1 amide bonds. The number of hydrogen-bond donors (Lipinski definition) is 1. The first-order chi connectivity index (χ1) is 17.0. The van der Waals surface area contributed by atoms with Crippen molar-refractivity contribution in [3.63, 3.8) is 0 Å². The molecule has 1 aromatic heterocycles. The van der Waals surface area contributed by atoms with E-state index < -0.39 is 0 Å². The third-order valence-electron chi connectivity index (χ3n) is 8.31. The fraction of sp³-hybridized carbons (Fsp3) is 0.607. The van der Waals surface area contributed by atoms with E-state index in [2.05, 4.69) is 58.3 Å². The van der Waals surface area contributed by atoms with E-state index in [4.69, 9.17) is 9.72 Å². The minimum absolute atomic E-state index is 0.00741. The first-order valence-electron chi connectivity index (χ1n) is 13.2. The molecule has 1 aliphatic carbocycles. The molecule has 0 bridgehead atoms. The van der Waals surface area contributed by atoms with Crippen LogP contribution in [0.1, 0.15) is 61.8 Å². The van der Waals surface area contributed by atoms with E-state index in [0.717, 1.165) is 62.9 Å². The molecular weight excluding hydrogens is 438 g/mol. The highest BCUT2D eigenvalue weighted by atomic mass is 16.5. The Hall–Kier alpha value is -2.51. The molecule has 1 saturated heterocycles. The van der Waals surface area contributed by atoms with Gasteiger partial charge in [0.15, 0.2) is 0 Å². The third-order valence-corrected chi connectivity index (χ3v) is 8.31. The van der Waals surface area contributed by atoms with Crippen LogP contribution in [0.5, 0.6) is 0 Å². The molecule has 35 heavy (non-hydrogen) atoms. The first kappa shape index (κ1) is 24.2. The van der Waals surface area contributed by atoms with Gasteiger partial charge < -0.3 is 19.9 Å². The zero-order valence-corrected chi connectivity index (χ0v) is 21.3. The SMILES string of the molecule is COC1CCC(Nc2ncc3c(n2)CN(C(=O)[C@H]2CCN(C)C[C@@H]2c2ccccc2)[C@H](C)C3)CC1. The van der Waals surface area contributed by atoms with Crippen molar-refractivity contribution in [3.05, 3.63) is 53.3 Å². The van der Waals surface area contributed by atoms with Crippen molar-refractivity contribution in [2.75, 3.05) is 32.6 Å². The van der Waals surface area contributed by atoms with E-state index in [0.29, 0.717) is 24.6 Å². The third kappa shape index (κ3) is 5.36. The van der Waals surface area contributed by atoms with Crippen molar-refractivity contribution in [2.45, 2.75) is 76.1 Å². The number of likely N-dealkylation sites (tertiary alicyclic amines) is 1. The van der Waals surface area contributed by atoms with Gasteiger partial charge in [-0.15, -0.1) is 0 Å². The average molecular weight is 478 g/mol. The topological polar surface area (TPSA) is 70.6 Å². The largest absolute Gasteiger partial charge is 0.381 e. The van der Waals surface area contributed by atoms with Gasteiger partial charge in [-0.1, -0.05) is 30.3 Å². The number of rotatable bonds is 5. The van der Waals surface area contributed by atoms with Crippen molar-refractivity contribution in [1.29, 1.82) is 0 Å². The number of fused-ring (bicyclic) bond motifs is 1. The summed E-state index contributed by atoms with van der Waals surface area (Å²) in [4.78, 5) is 27.9. The van der Waals surface area contributed by atoms with Crippen LogP contribution in [0.3, 0.4) is 0 Å². The molecule has 1 aromatic carbocycles. The number of nitrogens with one attached hydrogen (secondary N) is 1. The van der Waals surface area contributed by atoms with E-state index in [9.17, 15) is 4.79 Å². The van der Waals surface area contributed by atoms with Gasteiger partial charge in [-0.25, -0.2) is 9.97 Å². The van der Waals surface area contributed by atoms with Gasteiger partial charge in [0, 0.05) is 43.8 Å². The molecule has 0 spiro atoms. The highest BCUT2D eigenvalue weighted by molar-refractivity contribution is 5.80. The Labute approximate surface area is 209 Å². The molecule has 0 unspecified atom stereocenters.